The van der Waals surface area contributed by atoms with E-state index in [0.717, 1.165) is 24.5 Å². The number of hydrogen-bond donors (Lipinski definition) is 0. The highest BCUT2D eigenvalue weighted by Crippen LogP contribution is 2.21. The maximum atomic E-state index is 11.8. The summed E-state index contributed by atoms with van der Waals surface area (Å²) in [5.41, 5.74) is 0. The SMILES string of the molecule is O=C(CCBr)N1CCC(N2CCCCC2)CC1. The van der Waals surface area contributed by atoms with Gasteiger partial charge in [0.2, 0.25) is 5.91 Å². The van der Waals surface area contributed by atoms with Crippen molar-refractivity contribution >= 4 is 21.8 Å². The molecule has 98 valence electrons. The number of amides is 1. The summed E-state index contributed by atoms with van der Waals surface area (Å²) in [6, 6.07) is 0.739. The average Bonchev–Trinajstić information content (AvgIpc) is 2.40. The van der Waals surface area contributed by atoms with Crippen LogP contribution in [0.25, 0.3) is 0 Å². The molecule has 17 heavy (non-hydrogen) atoms. The Morgan fingerprint density at radius 2 is 1.71 bits per heavy atom. The molecule has 0 unspecified atom stereocenters. The van der Waals surface area contributed by atoms with Crippen LogP contribution in [0, 0.1) is 0 Å². The summed E-state index contributed by atoms with van der Waals surface area (Å²) in [6.45, 7) is 4.49. The van der Waals surface area contributed by atoms with E-state index in [-0.39, 0.29) is 0 Å². The van der Waals surface area contributed by atoms with E-state index in [0.29, 0.717) is 12.3 Å². The first-order valence-electron chi connectivity index (χ1n) is 6.89. The number of piperidine rings is 2. The molecule has 4 heteroatoms. The minimum atomic E-state index is 0.318. The molecule has 3 nitrogen and oxygen atoms in total. The van der Waals surface area contributed by atoms with Crippen molar-refractivity contribution in [3.63, 3.8) is 0 Å². The smallest absolute Gasteiger partial charge is 0.223 e. The molecule has 0 bridgehead atoms. The first-order chi connectivity index (χ1) is 8.31. The highest BCUT2D eigenvalue weighted by atomic mass is 79.9. The fourth-order valence-corrected chi connectivity index (χ4v) is 3.34. The van der Waals surface area contributed by atoms with Crippen LogP contribution in [0.3, 0.4) is 0 Å². The van der Waals surface area contributed by atoms with Crippen molar-refractivity contribution < 1.29 is 4.79 Å². The van der Waals surface area contributed by atoms with Gasteiger partial charge in [-0.05, 0) is 38.8 Å². The van der Waals surface area contributed by atoms with Crippen molar-refractivity contribution in [3.05, 3.63) is 0 Å². The predicted octanol–water partition coefficient (Wildman–Crippen LogP) is 2.25. The number of hydrogen-bond acceptors (Lipinski definition) is 2. The third-order valence-electron chi connectivity index (χ3n) is 4.03. The molecule has 2 fully saturated rings. The molecule has 1 amide bonds. The Labute approximate surface area is 113 Å². The number of likely N-dealkylation sites (tertiary alicyclic amines) is 2. The van der Waals surface area contributed by atoms with Gasteiger partial charge in [-0.2, -0.15) is 0 Å². The van der Waals surface area contributed by atoms with Crippen molar-refractivity contribution in [2.45, 2.75) is 44.6 Å². The lowest BCUT2D eigenvalue weighted by Crippen LogP contribution is -2.48. The number of carbonyl (C=O) groups is 1. The van der Waals surface area contributed by atoms with Crippen LogP contribution < -0.4 is 0 Å². The van der Waals surface area contributed by atoms with Gasteiger partial charge in [-0.25, -0.2) is 0 Å². The Morgan fingerprint density at radius 1 is 1.06 bits per heavy atom. The molecular weight excluding hydrogens is 280 g/mol. The molecule has 2 rings (SSSR count). The Balaban J connectivity index is 1.75. The topological polar surface area (TPSA) is 23.6 Å². The number of rotatable bonds is 3. The lowest BCUT2D eigenvalue weighted by atomic mass is 10.00. The molecule has 0 aromatic carbocycles. The fraction of sp³-hybridized carbons (Fsp3) is 0.923. The summed E-state index contributed by atoms with van der Waals surface area (Å²) < 4.78 is 0. The van der Waals surface area contributed by atoms with Crippen LogP contribution in [-0.4, -0.2) is 53.3 Å². The Hall–Kier alpha value is -0.0900. The van der Waals surface area contributed by atoms with Gasteiger partial charge >= 0.3 is 0 Å². The third kappa shape index (κ3) is 3.68. The van der Waals surface area contributed by atoms with Crippen LogP contribution in [0.1, 0.15) is 38.5 Å². The summed E-state index contributed by atoms with van der Waals surface area (Å²) in [5, 5.41) is 0.790. The summed E-state index contributed by atoms with van der Waals surface area (Å²) in [5.74, 6) is 0.318. The third-order valence-corrected chi connectivity index (χ3v) is 4.43. The van der Waals surface area contributed by atoms with Crippen molar-refractivity contribution in [2.24, 2.45) is 0 Å². The first-order valence-corrected chi connectivity index (χ1v) is 8.01. The highest BCUT2D eigenvalue weighted by molar-refractivity contribution is 9.09. The van der Waals surface area contributed by atoms with Crippen LogP contribution in [0.2, 0.25) is 0 Å². The van der Waals surface area contributed by atoms with Gasteiger partial charge in [-0.1, -0.05) is 22.4 Å². The highest BCUT2D eigenvalue weighted by Gasteiger charge is 2.27. The standard InChI is InChI=1S/C13H23BrN2O/c14-7-4-13(17)16-10-5-12(6-11-16)15-8-2-1-3-9-15/h12H,1-11H2. The molecule has 0 aliphatic carbocycles. The number of nitrogens with zero attached hydrogens (tertiary/aromatic N) is 2. The zero-order valence-corrected chi connectivity index (χ0v) is 12.1. The second kappa shape index (κ2) is 6.74. The maximum absolute atomic E-state index is 11.8. The zero-order chi connectivity index (χ0) is 12.1. The Kier molecular flexibility index (Phi) is 5.29. The lowest BCUT2D eigenvalue weighted by Gasteiger charge is -2.40. The Morgan fingerprint density at radius 3 is 2.29 bits per heavy atom. The molecule has 2 aliphatic rings. The molecule has 0 spiro atoms. The molecule has 0 aromatic heterocycles. The van der Waals surface area contributed by atoms with Gasteiger partial charge in [0.25, 0.3) is 0 Å². The van der Waals surface area contributed by atoms with Crippen LogP contribution >= 0.6 is 15.9 Å². The van der Waals surface area contributed by atoms with Crippen LogP contribution in [0.4, 0.5) is 0 Å². The van der Waals surface area contributed by atoms with Gasteiger partial charge in [0, 0.05) is 30.9 Å². The second-order valence-corrected chi connectivity index (χ2v) is 5.94. The molecule has 0 atom stereocenters. The summed E-state index contributed by atoms with van der Waals surface area (Å²) in [7, 11) is 0. The van der Waals surface area contributed by atoms with Crippen molar-refractivity contribution in [1.29, 1.82) is 0 Å². The molecule has 0 radical (unpaired) electrons. The van der Waals surface area contributed by atoms with Gasteiger partial charge in [0.1, 0.15) is 0 Å². The molecule has 2 aliphatic heterocycles. The number of carbonyl (C=O) groups excluding carboxylic acids is 1. The van der Waals surface area contributed by atoms with Crippen molar-refractivity contribution in [3.8, 4) is 0 Å². The number of alkyl halides is 1. The first kappa shape index (κ1) is 13.3. The lowest BCUT2D eigenvalue weighted by molar-refractivity contribution is -0.132. The summed E-state index contributed by atoms with van der Waals surface area (Å²) >= 11 is 3.34. The zero-order valence-electron chi connectivity index (χ0n) is 10.5. The second-order valence-electron chi connectivity index (χ2n) is 5.15. The van der Waals surface area contributed by atoms with E-state index in [9.17, 15) is 4.79 Å². The van der Waals surface area contributed by atoms with Crippen LogP contribution in [-0.2, 0) is 4.79 Å². The van der Waals surface area contributed by atoms with Crippen LogP contribution in [0.15, 0.2) is 0 Å². The summed E-state index contributed by atoms with van der Waals surface area (Å²) in [6.07, 6.45) is 7.13. The molecule has 0 N–H and O–H groups in total. The van der Waals surface area contributed by atoms with E-state index < -0.39 is 0 Å². The van der Waals surface area contributed by atoms with E-state index >= 15 is 0 Å². The van der Waals surface area contributed by atoms with Gasteiger partial charge in [-0.15, -0.1) is 0 Å². The van der Waals surface area contributed by atoms with E-state index in [1.165, 1.54) is 45.2 Å². The molecule has 0 saturated carbocycles. The van der Waals surface area contributed by atoms with E-state index in [1.807, 2.05) is 4.90 Å². The number of halogens is 1. The predicted molar refractivity (Wildman–Crippen MR) is 73.4 cm³/mol. The van der Waals surface area contributed by atoms with Crippen molar-refractivity contribution in [1.82, 2.24) is 9.80 Å². The molecule has 2 heterocycles. The quantitative estimate of drug-likeness (QED) is 0.747. The van der Waals surface area contributed by atoms with E-state index in [2.05, 4.69) is 20.8 Å². The van der Waals surface area contributed by atoms with E-state index in [1.54, 1.807) is 0 Å². The Bertz CT molecular complexity index is 246. The van der Waals surface area contributed by atoms with Crippen LogP contribution in [0.5, 0.6) is 0 Å². The molecular formula is C13H23BrN2O. The van der Waals surface area contributed by atoms with Gasteiger partial charge < -0.3 is 9.80 Å². The molecule has 0 aromatic rings. The average molecular weight is 303 g/mol. The monoisotopic (exact) mass is 302 g/mol. The minimum absolute atomic E-state index is 0.318. The summed E-state index contributed by atoms with van der Waals surface area (Å²) in [4.78, 5) is 16.5. The molecule has 2 saturated heterocycles. The van der Waals surface area contributed by atoms with Gasteiger partial charge in [0.15, 0.2) is 0 Å². The largest absolute Gasteiger partial charge is 0.343 e. The normalized spacial score (nSPS) is 23.9. The minimum Gasteiger partial charge on any atom is -0.343 e. The van der Waals surface area contributed by atoms with Gasteiger partial charge in [0.05, 0.1) is 0 Å². The maximum Gasteiger partial charge on any atom is 0.223 e. The van der Waals surface area contributed by atoms with Gasteiger partial charge in [-0.3, -0.25) is 4.79 Å². The van der Waals surface area contributed by atoms with E-state index in [4.69, 9.17) is 0 Å². The fourth-order valence-electron chi connectivity index (χ4n) is 3.00. The van der Waals surface area contributed by atoms with Crippen molar-refractivity contribution in [2.75, 3.05) is 31.5 Å².